The summed E-state index contributed by atoms with van der Waals surface area (Å²) in [5, 5.41) is 2.83. The third-order valence-corrected chi connectivity index (χ3v) is 4.99. The molecule has 0 N–H and O–H groups in total. The third kappa shape index (κ3) is 3.29. The van der Waals surface area contributed by atoms with Gasteiger partial charge in [-0.05, 0) is 37.8 Å². The SMILES string of the molecule is CC(C1CC1)N(C)C(=O)Cc1csc(-c2ccccn2)n1. The normalized spacial score (nSPS) is 15.7. The molecular weight excluding hydrogens is 282 g/mol. The lowest BCUT2D eigenvalue weighted by atomic mass is 10.2. The number of thiazole rings is 1. The summed E-state index contributed by atoms with van der Waals surface area (Å²) in [6, 6.07) is 6.10. The van der Waals surface area contributed by atoms with Gasteiger partial charge in [-0.1, -0.05) is 6.07 Å². The fourth-order valence-corrected chi connectivity index (χ4v) is 3.19. The van der Waals surface area contributed by atoms with Gasteiger partial charge in [0, 0.05) is 24.7 Å². The van der Waals surface area contributed by atoms with Gasteiger partial charge >= 0.3 is 0 Å². The van der Waals surface area contributed by atoms with Crippen LogP contribution < -0.4 is 0 Å². The quantitative estimate of drug-likeness (QED) is 0.853. The molecule has 0 bridgehead atoms. The predicted molar refractivity (Wildman–Crippen MR) is 84.0 cm³/mol. The molecule has 1 unspecified atom stereocenters. The van der Waals surface area contributed by atoms with E-state index in [2.05, 4.69) is 16.9 Å². The lowest BCUT2D eigenvalue weighted by Gasteiger charge is -2.24. The Bertz CT molecular complexity index is 621. The van der Waals surface area contributed by atoms with Crippen LogP contribution in [-0.2, 0) is 11.2 Å². The largest absolute Gasteiger partial charge is 0.342 e. The summed E-state index contributed by atoms with van der Waals surface area (Å²) >= 11 is 1.54. The summed E-state index contributed by atoms with van der Waals surface area (Å²) in [6.45, 7) is 2.13. The Labute approximate surface area is 128 Å². The second-order valence-electron chi connectivity index (χ2n) is 5.62. The molecule has 21 heavy (non-hydrogen) atoms. The first kappa shape index (κ1) is 14.2. The number of amides is 1. The minimum absolute atomic E-state index is 0.146. The molecule has 2 aromatic rings. The summed E-state index contributed by atoms with van der Waals surface area (Å²) < 4.78 is 0. The molecule has 5 heteroatoms. The number of carbonyl (C=O) groups excluding carboxylic acids is 1. The van der Waals surface area contributed by atoms with E-state index in [1.54, 1.807) is 6.20 Å². The van der Waals surface area contributed by atoms with Gasteiger partial charge in [-0.15, -0.1) is 11.3 Å². The molecule has 1 saturated carbocycles. The van der Waals surface area contributed by atoms with Crippen molar-refractivity contribution in [2.24, 2.45) is 5.92 Å². The molecule has 1 atom stereocenters. The van der Waals surface area contributed by atoms with E-state index < -0.39 is 0 Å². The van der Waals surface area contributed by atoms with Crippen LogP contribution in [0.25, 0.3) is 10.7 Å². The van der Waals surface area contributed by atoms with Crippen molar-refractivity contribution >= 4 is 17.2 Å². The first-order valence-electron chi connectivity index (χ1n) is 7.26. The van der Waals surface area contributed by atoms with Gasteiger partial charge in [0.2, 0.25) is 5.91 Å². The molecule has 110 valence electrons. The Kier molecular flexibility index (Phi) is 4.01. The van der Waals surface area contributed by atoms with Gasteiger partial charge in [0.25, 0.3) is 0 Å². The van der Waals surface area contributed by atoms with Crippen molar-refractivity contribution in [2.75, 3.05) is 7.05 Å². The molecule has 4 nitrogen and oxygen atoms in total. The summed E-state index contributed by atoms with van der Waals surface area (Å²) in [5.41, 5.74) is 1.70. The van der Waals surface area contributed by atoms with E-state index in [0.29, 0.717) is 18.4 Å². The van der Waals surface area contributed by atoms with Crippen molar-refractivity contribution < 1.29 is 4.79 Å². The predicted octanol–water partition coefficient (Wildman–Crippen LogP) is 3.00. The van der Waals surface area contributed by atoms with Crippen LogP contribution in [0.1, 0.15) is 25.5 Å². The maximum atomic E-state index is 12.3. The minimum atomic E-state index is 0.146. The van der Waals surface area contributed by atoms with Crippen molar-refractivity contribution in [3.05, 3.63) is 35.5 Å². The van der Waals surface area contributed by atoms with Crippen molar-refractivity contribution in [2.45, 2.75) is 32.2 Å². The van der Waals surface area contributed by atoms with Crippen molar-refractivity contribution in [3.63, 3.8) is 0 Å². The molecular formula is C16H19N3OS. The summed E-state index contributed by atoms with van der Waals surface area (Å²) in [5.74, 6) is 0.839. The Morgan fingerprint density at radius 3 is 2.95 bits per heavy atom. The van der Waals surface area contributed by atoms with Crippen LogP contribution in [0, 0.1) is 5.92 Å². The Balaban J connectivity index is 1.65. The van der Waals surface area contributed by atoms with Gasteiger partial charge in [0.15, 0.2) is 0 Å². The molecule has 1 aliphatic carbocycles. The fourth-order valence-electron chi connectivity index (χ4n) is 2.40. The van der Waals surface area contributed by atoms with Crippen LogP contribution in [0.2, 0.25) is 0 Å². The van der Waals surface area contributed by atoms with Crippen LogP contribution >= 0.6 is 11.3 Å². The smallest absolute Gasteiger partial charge is 0.228 e. The van der Waals surface area contributed by atoms with E-state index in [1.165, 1.54) is 24.2 Å². The molecule has 3 rings (SSSR count). The number of hydrogen-bond acceptors (Lipinski definition) is 4. The molecule has 0 aliphatic heterocycles. The first-order chi connectivity index (χ1) is 10.1. The zero-order chi connectivity index (χ0) is 14.8. The Morgan fingerprint density at radius 1 is 1.48 bits per heavy atom. The second kappa shape index (κ2) is 5.93. The van der Waals surface area contributed by atoms with Gasteiger partial charge in [-0.2, -0.15) is 0 Å². The van der Waals surface area contributed by atoms with Crippen LogP contribution in [0.4, 0.5) is 0 Å². The number of nitrogens with zero attached hydrogens (tertiary/aromatic N) is 3. The first-order valence-corrected chi connectivity index (χ1v) is 8.14. The van der Waals surface area contributed by atoms with E-state index in [9.17, 15) is 4.79 Å². The number of likely N-dealkylation sites (N-methyl/N-ethyl adjacent to an activating group) is 1. The van der Waals surface area contributed by atoms with E-state index >= 15 is 0 Å². The number of aromatic nitrogens is 2. The van der Waals surface area contributed by atoms with Crippen molar-refractivity contribution in [3.8, 4) is 10.7 Å². The Morgan fingerprint density at radius 2 is 2.29 bits per heavy atom. The average Bonchev–Trinajstić information content (AvgIpc) is 3.26. The van der Waals surface area contributed by atoms with Gasteiger partial charge in [0.1, 0.15) is 5.01 Å². The van der Waals surface area contributed by atoms with Gasteiger partial charge in [-0.3, -0.25) is 9.78 Å². The maximum absolute atomic E-state index is 12.3. The number of rotatable bonds is 5. The van der Waals surface area contributed by atoms with Crippen LogP contribution in [0.5, 0.6) is 0 Å². The molecule has 0 saturated heterocycles. The third-order valence-electron chi connectivity index (χ3n) is 4.08. The number of carbonyl (C=O) groups is 1. The topological polar surface area (TPSA) is 46.1 Å². The average molecular weight is 301 g/mol. The number of hydrogen-bond donors (Lipinski definition) is 0. The molecule has 2 aromatic heterocycles. The standard InChI is InChI=1S/C16H19N3OS/c1-11(12-6-7-12)19(2)15(20)9-13-10-21-16(18-13)14-5-3-4-8-17-14/h3-5,8,10-12H,6-7,9H2,1-2H3. The van der Waals surface area contributed by atoms with Crippen LogP contribution in [0.15, 0.2) is 29.8 Å². The monoisotopic (exact) mass is 301 g/mol. The molecule has 0 spiro atoms. The van der Waals surface area contributed by atoms with Gasteiger partial charge in [-0.25, -0.2) is 4.98 Å². The summed E-state index contributed by atoms with van der Waals surface area (Å²) in [6.07, 6.45) is 4.63. The van der Waals surface area contributed by atoms with Crippen molar-refractivity contribution in [1.29, 1.82) is 0 Å². The zero-order valence-electron chi connectivity index (χ0n) is 12.3. The van der Waals surface area contributed by atoms with E-state index in [1.807, 2.05) is 35.5 Å². The van der Waals surface area contributed by atoms with Gasteiger partial charge < -0.3 is 4.90 Å². The summed E-state index contributed by atoms with van der Waals surface area (Å²) in [7, 11) is 1.90. The molecule has 0 radical (unpaired) electrons. The van der Waals surface area contributed by atoms with Crippen LogP contribution in [0.3, 0.4) is 0 Å². The highest BCUT2D eigenvalue weighted by atomic mass is 32.1. The molecule has 1 aliphatic rings. The zero-order valence-corrected chi connectivity index (χ0v) is 13.1. The van der Waals surface area contributed by atoms with Crippen molar-refractivity contribution in [1.82, 2.24) is 14.9 Å². The van der Waals surface area contributed by atoms with E-state index in [4.69, 9.17) is 0 Å². The Hall–Kier alpha value is -1.75. The highest BCUT2D eigenvalue weighted by Crippen LogP contribution is 2.34. The second-order valence-corrected chi connectivity index (χ2v) is 6.48. The van der Waals surface area contributed by atoms with E-state index in [-0.39, 0.29) is 5.91 Å². The minimum Gasteiger partial charge on any atom is -0.342 e. The molecule has 2 heterocycles. The summed E-state index contributed by atoms with van der Waals surface area (Å²) in [4.78, 5) is 23.0. The lowest BCUT2D eigenvalue weighted by Crippen LogP contribution is -2.37. The fraction of sp³-hybridized carbons (Fsp3) is 0.438. The lowest BCUT2D eigenvalue weighted by molar-refractivity contribution is -0.131. The molecule has 0 aromatic carbocycles. The molecule has 1 fully saturated rings. The van der Waals surface area contributed by atoms with E-state index in [0.717, 1.165) is 16.4 Å². The van der Waals surface area contributed by atoms with Gasteiger partial charge in [0.05, 0.1) is 17.8 Å². The maximum Gasteiger partial charge on any atom is 0.228 e. The number of pyridine rings is 1. The highest BCUT2D eigenvalue weighted by Gasteiger charge is 2.32. The molecule has 1 amide bonds. The van der Waals surface area contributed by atoms with Crippen LogP contribution in [-0.4, -0.2) is 33.9 Å². The highest BCUT2D eigenvalue weighted by molar-refractivity contribution is 7.13.